The van der Waals surface area contributed by atoms with Crippen molar-refractivity contribution in [3.05, 3.63) is 260 Å². The van der Waals surface area contributed by atoms with E-state index in [4.69, 9.17) is 4.42 Å². The molecule has 326 valence electrons. The second-order valence-electron chi connectivity index (χ2n) is 17.9. The van der Waals surface area contributed by atoms with Gasteiger partial charge in [0.15, 0.2) is 0 Å². The highest BCUT2D eigenvalue weighted by Gasteiger charge is 2.23. The van der Waals surface area contributed by atoms with E-state index in [1.165, 1.54) is 50.0 Å². The Morgan fingerprint density at radius 3 is 1.72 bits per heavy atom. The van der Waals surface area contributed by atoms with Crippen LogP contribution in [0.1, 0.15) is 17.7 Å². The molecular weight excluding hydrogens is 837 g/mol. The van der Waals surface area contributed by atoms with Gasteiger partial charge in [-0.05, 0) is 130 Å². The number of hydrogen-bond acceptors (Lipinski definition) is 2. The van der Waals surface area contributed by atoms with E-state index in [9.17, 15) is 0 Å². The number of nitrogens with zero attached hydrogens (tertiary/aromatic N) is 2. The van der Waals surface area contributed by atoms with E-state index >= 15 is 0 Å². The van der Waals surface area contributed by atoms with E-state index in [0.717, 1.165) is 85.3 Å². The Balaban J connectivity index is 0.988. The predicted molar refractivity (Wildman–Crippen MR) is 290 cm³/mol. The molecule has 0 fully saturated rings. The number of para-hydroxylation sites is 3. The lowest BCUT2D eigenvalue weighted by molar-refractivity contribution is 0.669. The van der Waals surface area contributed by atoms with Crippen molar-refractivity contribution in [1.82, 2.24) is 4.57 Å². The molecule has 10 aromatic carbocycles. The number of hydrogen-bond donors (Lipinski definition) is 0. The van der Waals surface area contributed by atoms with Gasteiger partial charge in [-0.3, -0.25) is 0 Å². The van der Waals surface area contributed by atoms with Crippen molar-refractivity contribution in [1.29, 1.82) is 0 Å². The van der Waals surface area contributed by atoms with Gasteiger partial charge in [0.1, 0.15) is 11.2 Å². The Kier molecular flexibility index (Phi) is 9.98. The molecule has 0 N–H and O–H groups in total. The smallest absolute Gasteiger partial charge is 0.136 e. The molecule has 69 heavy (non-hydrogen) atoms. The van der Waals surface area contributed by atoms with Crippen LogP contribution >= 0.6 is 0 Å². The summed E-state index contributed by atoms with van der Waals surface area (Å²) in [6.07, 6.45) is 6.63. The van der Waals surface area contributed by atoms with Gasteiger partial charge in [-0.2, -0.15) is 0 Å². The fourth-order valence-corrected chi connectivity index (χ4v) is 10.7. The Labute approximate surface area is 402 Å². The number of benzene rings is 10. The maximum atomic E-state index is 6.45. The number of anilines is 3. The summed E-state index contributed by atoms with van der Waals surface area (Å²) in [5, 5.41) is 3.54. The van der Waals surface area contributed by atoms with Crippen LogP contribution in [0.3, 0.4) is 0 Å². The third kappa shape index (κ3) is 7.15. The maximum absolute atomic E-state index is 6.45. The van der Waals surface area contributed by atoms with Crippen LogP contribution in [-0.4, -0.2) is 4.57 Å². The molecule has 0 atom stereocenters. The van der Waals surface area contributed by atoms with E-state index in [-0.39, 0.29) is 0 Å². The molecule has 0 bridgehead atoms. The van der Waals surface area contributed by atoms with Crippen molar-refractivity contribution < 1.29 is 4.42 Å². The van der Waals surface area contributed by atoms with Gasteiger partial charge in [-0.1, -0.05) is 188 Å². The highest BCUT2D eigenvalue weighted by Crippen LogP contribution is 2.46. The first-order valence-electron chi connectivity index (χ1n) is 23.9. The van der Waals surface area contributed by atoms with Crippen LogP contribution in [0.15, 0.2) is 253 Å². The van der Waals surface area contributed by atoms with Gasteiger partial charge in [0, 0.05) is 50.0 Å². The molecule has 13 rings (SSSR count). The highest BCUT2D eigenvalue weighted by molar-refractivity contribution is 6.12. The molecule has 3 nitrogen and oxygen atoms in total. The van der Waals surface area contributed by atoms with Crippen molar-refractivity contribution in [2.75, 3.05) is 4.90 Å². The van der Waals surface area contributed by atoms with Gasteiger partial charge in [0.25, 0.3) is 0 Å². The zero-order chi connectivity index (χ0) is 45.7. The van der Waals surface area contributed by atoms with Gasteiger partial charge >= 0.3 is 0 Å². The third-order valence-corrected chi connectivity index (χ3v) is 13.9. The van der Waals surface area contributed by atoms with E-state index in [0.29, 0.717) is 0 Å². The maximum Gasteiger partial charge on any atom is 0.136 e. The lowest BCUT2D eigenvalue weighted by Crippen LogP contribution is -2.11. The summed E-state index contributed by atoms with van der Waals surface area (Å²) in [5.41, 5.74) is 21.8. The fourth-order valence-electron chi connectivity index (χ4n) is 10.7. The lowest BCUT2D eigenvalue weighted by atomic mass is 9.93. The zero-order valence-corrected chi connectivity index (χ0v) is 38.0. The normalized spacial score (nSPS) is 12.2. The standard InChI is InChI=1S/C66H46N2O/c1-3-18-45(19-4-1)46-34-38-51(39-35-46)67(61-29-13-9-24-57(61)56-23-8-7-22-54(56)48-20-5-2-6-21-48)52-40-36-47(37-41-52)49-42-50(55-28-17-33-65-66(55)60-27-12-16-32-64(60)69-65)44-53(43-49)68-62-30-14-10-25-58(62)59-26-11-15-31-63(59)68/h1-14,16-30,32-44H,15,31H2. The molecule has 2 heterocycles. The van der Waals surface area contributed by atoms with Crippen LogP contribution in [0.5, 0.6) is 0 Å². The number of fused-ring (bicyclic) bond motifs is 6. The van der Waals surface area contributed by atoms with E-state index in [1.807, 2.05) is 6.07 Å². The zero-order valence-electron chi connectivity index (χ0n) is 38.0. The van der Waals surface area contributed by atoms with Crippen LogP contribution in [-0.2, 0) is 6.42 Å². The molecule has 3 heteroatoms. The lowest BCUT2D eigenvalue weighted by Gasteiger charge is -2.29. The van der Waals surface area contributed by atoms with Crippen LogP contribution < -0.4 is 4.90 Å². The molecule has 0 spiro atoms. The predicted octanol–water partition coefficient (Wildman–Crippen LogP) is 18.3. The molecule has 12 aromatic rings. The second kappa shape index (κ2) is 17.1. The minimum Gasteiger partial charge on any atom is -0.456 e. The molecule has 0 amide bonds. The van der Waals surface area contributed by atoms with Gasteiger partial charge < -0.3 is 13.9 Å². The minimum atomic E-state index is 0.891. The minimum absolute atomic E-state index is 0.891. The number of aromatic nitrogens is 1. The van der Waals surface area contributed by atoms with Crippen molar-refractivity contribution in [2.45, 2.75) is 12.8 Å². The molecule has 0 aliphatic heterocycles. The van der Waals surface area contributed by atoms with E-state index in [1.54, 1.807) is 0 Å². The van der Waals surface area contributed by atoms with Crippen molar-refractivity contribution >= 4 is 56.0 Å². The van der Waals surface area contributed by atoms with Crippen LogP contribution in [0.4, 0.5) is 17.1 Å². The largest absolute Gasteiger partial charge is 0.456 e. The highest BCUT2D eigenvalue weighted by atomic mass is 16.3. The van der Waals surface area contributed by atoms with Gasteiger partial charge in [-0.25, -0.2) is 0 Å². The summed E-state index contributed by atoms with van der Waals surface area (Å²) in [6.45, 7) is 0. The molecule has 1 aliphatic carbocycles. The fraction of sp³-hybridized carbons (Fsp3) is 0.0303. The van der Waals surface area contributed by atoms with E-state index in [2.05, 4.69) is 258 Å². The molecule has 0 unspecified atom stereocenters. The Hall–Kier alpha value is -8.92. The molecule has 2 aromatic heterocycles. The quantitative estimate of drug-likeness (QED) is 0.144. The number of allylic oxidation sites excluding steroid dienone is 1. The Bertz CT molecular complexity index is 3880. The van der Waals surface area contributed by atoms with Gasteiger partial charge in [0.05, 0.1) is 11.2 Å². The molecule has 0 saturated heterocycles. The average molecular weight is 883 g/mol. The number of furan rings is 1. The molecule has 1 aliphatic rings. The summed E-state index contributed by atoms with van der Waals surface area (Å²) in [6, 6.07) is 87.9. The first-order chi connectivity index (χ1) is 34.2. The van der Waals surface area contributed by atoms with Crippen molar-refractivity contribution in [2.24, 2.45) is 0 Å². The topological polar surface area (TPSA) is 21.3 Å². The first kappa shape index (κ1) is 40.4. The van der Waals surface area contributed by atoms with Crippen molar-refractivity contribution in [3.8, 4) is 61.3 Å². The Morgan fingerprint density at radius 2 is 0.957 bits per heavy atom. The Morgan fingerprint density at radius 1 is 0.391 bits per heavy atom. The second-order valence-corrected chi connectivity index (χ2v) is 17.9. The summed E-state index contributed by atoms with van der Waals surface area (Å²) in [5.74, 6) is 0. The first-order valence-corrected chi connectivity index (χ1v) is 23.9. The van der Waals surface area contributed by atoms with E-state index < -0.39 is 0 Å². The van der Waals surface area contributed by atoms with Crippen LogP contribution in [0, 0.1) is 0 Å². The van der Waals surface area contributed by atoms with Gasteiger partial charge in [-0.15, -0.1) is 0 Å². The van der Waals surface area contributed by atoms with Crippen molar-refractivity contribution in [3.63, 3.8) is 0 Å². The SMILES string of the molecule is C1=Cc2c(n(-c3cc(-c4ccc(N(c5ccc(-c6ccccc6)cc5)c5ccccc5-c5ccccc5-c5ccccc5)cc4)cc(-c4cccc5oc6ccccc6c45)c3)c3ccccc23)CC1. The van der Waals surface area contributed by atoms with Gasteiger partial charge in [0.2, 0.25) is 0 Å². The molecule has 0 radical (unpaired) electrons. The van der Waals surface area contributed by atoms with Crippen LogP contribution in [0.2, 0.25) is 0 Å². The molecule has 0 saturated carbocycles. The monoisotopic (exact) mass is 882 g/mol. The summed E-state index contributed by atoms with van der Waals surface area (Å²) in [4.78, 5) is 2.41. The van der Waals surface area contributed by atoms with Crippen LogP contribution in [0.25, 0.3) is 100 Å². The average Bonchev–Trinajstić information content (AvgIpc) is 3.98. The summed E-state index contributed by atoms with van der Waals surface area (Å²) >= 11 is 0. The summed E-state index contributed by atoms with van der Waals surface area (Å²) in [7, 11) is 0. The summed E-state index contributed by atoms with van der Waals surface area (Å²) < 4.78 is 8.96. The number of rotatable bonds is 9. The molecular formula is C66H46N2O. The third-order valence-electron chi connectivity index (χ3n) is 13.9.